The number of anilines is 1. The van der Waals surface area contributed by atoms with E-state index in [0.29, 0.717) is 18.8 Å². The molecule has 1 rings (SSSR count). The Balaban J connectivity index is 2.86. The predicted molar refractivity (Wildman–Crippen MR) is 84.9 cm³/mol. The molecule has 1 amide bonds. The lowest BCUT2D eigenvalue weighted by Crippen LogP contribution is -2.35. The van der Waals surface area contributed by atoms with Gasteiger partial charge in [0, 0.05) is 27.2 Å². The van der Waals surface area contributed by atoms with E-state index in [-0.39, 0.29) is 17.6 Å². The van der Waals surface area contributed by atoms with Gasteiger partial charge in [0.2, 0.25) is 5.91 Å². The maximum atomic E-state index is 14.2. The molecule has 0 heterocycles. The van der Waals surface area contributed by atoms with Crippen LogP contribution in [0.15, 0.2) is 18.2 Å². The highest BCUT2D eigenvalue weighted by molar-refractivity contribution is 5.78. The minimum absolute atomic E-state index is 0.0381. The van der Waals surface area contributed by atoms with E-state index in [1.54, 1.807) is 13.1 Å². The number of amides is 1. The summed E-state index contributed by atoms with van der Waals surface area (Å²) in [5.41, 5.74) is 1.48. The average molecular weight is 295 g/mol. The molecule has 5 heteroatoms. The highest BCUT2D eigenvalue weighted by Crippen LogP contribution is 2.24. The van der Waals surface area contributed by atoms with Crippen molar-refractivity contribution in [2.75, 3.05) is 32.1 Å². The van der Waals surface area contributed by atoms with E-state index in [0.717, 1.165) is 18.5 Å². The minimum Gasteiger partial charge on any atom is -0.371 e. The lowest BCUT2D eigenvalue weighted by molar-refractivity contribution is -0.123. The quantitative estimate of drug-likeness (QED) is 0.722. The number of hydrogen-bond donors (Lipinski definition) is 2. The van der Waals surface area contributed by atoms with E-state index in [1.165, 1.54) is 6.07 Å². The Labute approximate surface area is 126 Å². The van der Waals surface area contributed by atoms with E-state index in [2.05, 4.69) is 17.6 Å². The van der Waals surface area contributed by atoms with Crippen molar-refractivity contribution in [3.63, 3.8) is 0 Å². The summed E-state index contributed by atoms with van der Waals surface area (Å²) < 4.78 is 14.2. The summed E-state index contributed by atoms with van der Waals surface area (Å²) in [6, 6.07) is 5.10. The number of nitrogens with zero attached hydrogens (tertiary/aromatic N) is 1. The van der Waals surface area contributed by atoms with Crippen molar-refractivity contribution < 1.29 is 9.18 Å². The third kappa shape index (κ3) is 5.01. The summed E-state index contributed by atoms with van der Waals surface area (Å²) in [6.07, 6.45) is 1.04. The molecular formula is C16H26FN3O. The summed E-state index contributed by atoms with van der Waals surface area (Å²) in [4.78, 5) is 13.4. The molecule has 1 atom stereocenters. The van der Waals surface area contributed by atoms with Gasteiger partial charge in [-0.3, -0.25) is 4.79 Å². The highest BCUT2D eigenvalue weighted by atomic mass is 19.1. The maximum Gasteiger partial charge on any atom is 0.224 e. The lowest BCUT2D eigenvalue weighted by atomic mass is 10.1. The third-order valence-electron chi connectivity index (χ3n) is 3.44. The Hall–Kier alpha value is -1.62. The van der Waals surface area contributed by atoms with Crippen LogP contribution < -0.4 is 15.5 Å². The van der Waals surface area contributed by atoms with Crippen molar-refractivity contribution in [2.45, 2.75) is 26.8 Å². The van der Waals surface area contributed by atoms with Crippen LogP contribution in [0, 0.1) is 11.7 Å². The van der Waals surface area contributed by atoms with Crippen LogP contribution in [0.3, 0.4) is 0 Å². The van der Waals surface area contributed by atoms with E-state index in [9.17, 15) is 9.18 Å². The predicted octanol–water partition coefficient (Wildman–Crippen LogP) is 2.14. The third-order valence-corrected chi connectivity index (χ3v) is 3.44. The summed E-state index contributed by atoms with van der Waals surface area (Å²) in [7, 11) is 3.43. The molecule has 0 fully saturated rings. The zero-order chi connectivity index (χ0) is 15.8. The van der Waals surface area contributed by atoms with Crippen molar-refractivity contribution in [2.24, 2.45) is 5.92 Å². The number of para-hydroxylation sites is 1. The monoisotopic (exact) mass is 295 g/mol. The van der Waals surface area contributed by atoms with E-state index in [1.807, 2.05) is 24.9 Å². The molecule has 0 spiro atoms. The molecule has 0 aliphatic heterocycles. The standard InChI is InChI=1S/C16H26FN3O/c1-5-9-19-10-13-7-6-8-14(17)15(13)20(4)11-12(2)16(21)18-3/h6-8,12,19H,5,9-11H2,1-4H3,(H,18,21). The molecular weight excluding hydrogens is 269 g/mol. The molecule has 0 saturated heterocycles. The molecule has 1 aromatic carbocycles. The van der Waals surface area contributed by atoms with E-state index in [4.69, 9.17) is 0 Å². The van der Waals surface area contributed by atoms with Crippen molar-refractivity contribution in [1.82, 2.24) is 10.6 Å². The lowest BCUT2D eigenvalue weighted by Gasteiger charge is -2.25. The second-order valence-corrected chi connectivity index (χ2v) is 5.32. The van der Waals surface area contributed by atoms with Crippen LogP contribution in [-0.2, 0) is 11.3 Å². The summed E-state index contributed by atoms with van der Waals surface area (Å²) in [6.45, 7) is 5.93. The molecule has 0 bridgehead atoms. The van der Waals surface area contributed by atoms with Crippen molar-refractivity contribution >= 4 is 11.6 Å². The van der Waals surface area contributed by atoms with Crippen LogP contribution in [0.25, 0.3) is 0 Å². The molecule has 0 aliphatic carbocycles. The number of halogens is 1. The summed E-state index contributed by atoms with van der Waals surface area (Å²) >= 11 is 0. The Morgan fingerprint density at radius 2 is 2.14 bits per heavy atom. The Bertz CT molecular complexity index is 465. The van der Waals surface area contributed by atoms with E-state index < -0.39 is 0 Å². The van der Waals surface area contributed by atoms with Gasteiger partial charge < -0.3 is 15.5 Å². The van der Waals surface area contributed by atoms with Gasteiger partial charge in [-0.2, -0.15) is 0 Å². The first kappa shape index (κ1) is 17.4. The first-order valence-corrected chi connectivity index (χ1v) is 7.42. The molecule has 0 aromatic heterocycles. The van der Waals surface area contributed by atoms with Gasteiger partial charge in [-0.1, -0.05) is 26.0 Å². The second kappa shape index (κ2) is 8.62. The molecule has 0 radical (unpaired) electrons. The van der Waals surface area contributed by atoms with E-state index >= 15 is 0 Å². The number of carbonyl (C=O) groups is 1. The first-order chi connectivity index (χ1) is 10.0. The highest BCUT2D eigenvalue weighted by Gasteiger charge is 2.18. The molecule has 21 heavy (non-hydrogen) atoms. The first-order valence-electron chi connectivity index (χ1n) is 7.42. The SMILES string of the molecule is CCCNCc1cccc(F)c1N(C)CC(C)C(=O)NC. The Morgan fingerprint density at radius 3 is 2.76 bits per heavy atom. The van der Waals surface area contributed by atoms with Crippen molar-refractivity contribution in [3.05, 3.63) is 29.6 Å². The smallest absolute Gasteiger partial charge is 0.224 e. The molecule has 4 nitrogen and oxygen atoms in total. The number of carbonyl (C=O) groups excluding carboxylic acids is 1. The van der Waals surface area contributed by atoms with Crippen LogP contribution in [0.2, 0.25) is 0 Å². The number of nitrogens with one attached hydrogen (secondary N) is 2. The van der Waals surface area contributed by atoms with Gasteiger partial charge in [-0.25, -0.2) is 4.39 Å². The maximum absolute atomic E-state index is 14.2. The fourth-order valence-electron chi connectivity index (χ4n) is 2.36. The molecule has 2 N–H and O–H groups in total. The number of benzene rings is 1. The van der Waals surface area contributed by atoms with Crippen LogP contribution in [-0.4, -0.2) is 33.1 Å². The summed E-state index contributed by atoms with van der Waals surface area (Å²) in [5, 5.41) is 5.91. The van der Waals surface area contributed by atoms with Crippen LogP contribution in [0.1, 0.15) is 25.8 Å². The van der Waals surface area contributed by atoms with Crippen molar-refractivity contribution in [3.8, 4) is 0 Å². The topological polar surface area (TPSA) is 44.4 Å². The van der Waals surface area contributed by atoms with Gasteiger partial charge in [0.05, 0.1) is 11.6 Å². The molecule has 1 aromatic rings. The van der Waals surface area contributed by atoms with Gasteiger partial charge >= 0.3 is 0 Å². The zero-order valence-electron chi connectivity index (χ0n) is 13.4. The average Bonchev–Trinajstić information content (AvgIpc) is 2.46. The number of hydrogen-bond acceptors (Lipinski definition) is 3. The van der Waals surface area contributed by atoms with Gasteiger partial charge in [-0.15, -0.1) is 0 Å². The fourth-order valence-corrected chi connectivity index (χ4v) is 2.36. The summed E-state index contributed by atoms with van der Waals surface area (Å²) in [5.74, 6) is -0.489. The molecule has 0 saturated carbocycles. The van der Waals surface area contributed by atoms with Gasteiger partial charge in [0.25, 0.3) is 0 Å². The van der Waals surface area contributed by atoms with Gasteiger partial charge in [0.1, 0.15) is 5.82 Å². The van der Waals surface area contributed by atoms with Crippen LogP contribution in [0.5, 0.6) is 0 Å². The van der Waals surface area contributed by atoms with Crippen molar-refractivity contribution in [1.29, 1.82) is 0 Å². The largest absolute Gasteiger partial charge is 0.371 e. The zero-order valence-corrected chi connectivity index (χ0v) is 13.4. The second-order valence-electron chi connectivity index (χ2n) is 5.32. The molecule has 118 valence electrons. The van der Waals surface area contributed by atoms with Gasteiger partial charge in [0.15, 0.2) is 0 Å². The molecule has 0 aliphatic rings. The molecule has 1 unspecified atom stereocenters. The van der Waals surface area contributed by atoms with Gasteiger partial charge in [-0.05, 0) is 24.6 Å². The van der Waals surface area contributed by atoms with Crippen LogP contribution in [0.4, 0.5) is 10.1 Å². The number of rotatable bonds is 8. The minimum atomic E-state index is -0.252. The fraction of sp³-hybridized carbons (Fsp3) is 0.562. The Kier molecular flexibility index (Phi) is 7.15. The Morgan fingerprint density at radius 1 is 1.43 bits per heavy atom. The normalized spacial score (nSPS) is 12.0. The van der Waals surface area contributed by atoms with Crippen LogP contribution >= 0.6 is 0 Å².